The van der Waals surface area contributed by atoms with Crippen LogP contribution in [-0.4, -0.2) is 20.6 Å². The summed E-state index contributed by atoms with van der Waals surface area (Å²) in [5, 5.41) is 9.90. The number of thiophene rings is 1. The van der Waals surface area contributed by atoms with Gasteiger partial charge in [0, 0.05) is 10.4 Å². The quantitative estimate of drug-likeness (QED) is 0.786. The minimum atomic E-state index is -1.06. The maximum atomic E-state index is 12.9. The lowest BCUT2D eigenvalue weighted by Gasteiger charge is -2.16. The average Bonchev–Trinajstić information content (AvgIpc) is 2.98. The first-order valence-electron chi connectivity index (χ1n) is 7.77. The van der Waals surface area contributed by atoms with Crippen molar-refractivity contribution in [3.63, 3.8) is 0 Å². The molecule has 0 aliphatic heterocycles. The number of aliphatic carboxylic acids is 1. The number of benzene rings is 1. The molecule has 0 saturated heterocycles. The maximum Gasteiger partial charge on any atom is 0.326 e. The molecule has 0 saturated carbocycles. The Morgan fingerprint density at radius 3 is 2.58 bits per heavy atom. The van der Waals surface area contributed by atoms with E-state index in [1.165, 1.54) is 22.8 Å². The summed E-state index contributed by atoms with van der Waals surface area (Å²) in [7, 11) is 0. The van der Waals surface area contributed by atoms with Crippen LogP contribution < -0.4 is 5.56 Å². The first kappa shape index (κ1) is 16.4. The van der Waals surface area contributed by atoms with Crippen LogP contribution in [0.5, 0.6) is 0 Å². The fourth-order valence-electron chi connectivity index (χ4n) is 2.59. The Kier molecular flexibility index (Phi) is 4.24. The fourth-order valence-corrected chi connectivity index (χ4v) is 3.55. The highest BCUT2D eigenvalue weighted by Gasteiger charge is 2.23. The third kappa shape index (κ3) is 2.73. The van der Waals surface area contributed by atoms with Gasteiger partial charge in [-0.15, -0.1) is 11.3 Å². The predicted molar refractivity (Wildman–Crippen MR) is 95.8 cm³/mol. The van der Waals surface area contributed by atoms with Crippen LogP contribution in [0.15, 0.2) is 35.1 Å². The summed E-state index contributed by atoms with van der Waals surface area (Å²) >= 11 is 1.48. The highest BCUT2D eigenvalue weighted by molar-refractivity contribution is 7.18. The van der Waals surface area contributed by atoms with Crippen molar-refractivity contribution in [2.75, 3.05) is 0 Å². The van der Waals surface area contributed by atoms with Crippen LogP contribution in [0.25, 0.3) is 21.6 Å². The van der Waals surface area contributed by atoms with Crippen molar-refractivity contribution < 1.29 is 9.90 Å². The Balaban J connectivity index is 2.36. The van der Waals surface area contributed by atoms with E-state index in [-0.39, 0.29) is 5.56 Å². The van der Waals surface area contributed by atoms with E-state index in [1.54, 1.807) is 0 Å². The summed E-state index contributed by atoms with van der Waals surface area (Å²) in [5.41, 5.74) is 1.52. The predicted octanol–water partition coefficient (Wildman–Crippen LogP) is 3.64. The summed E-state index contributed by atoms with van der Waals surface area (Å²) in [6.07, 6.45) is 0.814. The van der Waals surface area contributed by atoms with E-state index in [0.29, 0.717) is 16.0 Å². The molecule has 24 heavy (non-hydrogen) atoms. The SMILES string of the molecule is CCc1cc2c(=O)n(C(C)C(=O)O)c(-c3ccc(C)cc3)nc2s1. The Morgan fingerprint density at radius 1 is 1.33 bits per heavy atom. The molecule has 0 fully saturated rings. The number of aryl methyl sites for hydroxylation is 2. The number of carboxylic acid groups (broad SMARTS) is 1. The van der Waals surface area contributed by atoms with Gasteiger partial charge in [-0.05, 0) is 26.3 Å². The van der Waals surface area contributed by atoms with Gasteiger partial charge in [-0.1, -0.05) is 36.8 Å². The molecule has 1 aromatic carbocycles. The Morgan fingerprint density at radius 2 is 2.00 bits per heavy atom. The van der Waals surface area contributed by atoms with E-state index >= 15 is 0 Å². The smallest absolute Gasteiger partial charge is 0.326 e. The molecule has 1 unspecified atom stereocenters. The number of nitrogens with zero attached hydrogens (tertiary/aromatic N) is 2. The van der Waals surface area contributed by atoms with Gasteiger partial charge in [0.25, 0.3) is 5.56 Å². The summed E-state index contributed by atoms with van der Waals surface area (Å²) in [5.74, 6) is -0.663. The molecule has 1 N–H and O–H groups in total. The zero-order valence-electron chi connectivity index (χ0n) is 13.7. The average molecular weight is 342 g/mol. The van der Waals surface area contributed by atoms with E-state index in [4.69, 9.17) is 0 Å². The number of aromatic nitrogens is 2. The maximum absolute atomic E-state index is 12.9. The van der Waals surface area contributed by atoms with Crippen molar-refractivity contribution in [3.05, 3.63) is 51.1 Å². The van der Waals surface area contributed by atoms with Crippen LogP contribution in [0, 0.1) is 6.92 Å². The first-order chi connectivity index (χ1) is 11.4. The second kappa shape index (κ2) is 6.20. The van der Waals surface area contributed by atoms with Gasteiger partial charge < -0.3 is 5.11 Å². The van der Waals surface area contributed by atoms with Gasteiger partial charge in [-0.2, -0.15) is 0 Å². The van der Waals surface area contributed by atoms with E-state index in [2.05, 4.69) is 4.98 Å². The Labute approximate surface area is 143 Å². The molecule has 3 rings (SSSR count). The molecule has 1 atom stereocenters. The monoisotopic (exact) mass is 342 g/mol. The van der Waals surface area contributed by atoms with Crippen LogP contribution in [0.2, 0.25) is 0 Å². The molecule has 3 aromatic rings. The molecule has 124 valence electrons. The molecular formula is C18H18N2O3S. The van der Waals surface area contributed by atoms with E-state index in [9.17, 15) is 14.7 Å². The molecule has 0 amide bonds. The lowest BCUT2D eigenvalue weighted by atomic mass is 10.1. The Bertz CT molecular complexity index is 970. The molecule has 0 aliphatic carbocycles. The van der Waals surface area contributed by atoms with Crippen molar-refractivity contribution in [2.24, 2.45) is 0 Å². The summed E-state index contributed by atoms with van der Waals surface area (Å²) in [6.45, 7) is 5.49. The number of hydrogen-bond acceptors (Lipinski definition) is 4. The fraction of sp³-hybridized carbons (Fsp3) is 0.278. The van der Waals surface area contributed by atoms with E-state index < -0.39 is 12.0 Å². The number of carboxylic acids is 1. The molecule has 0 aliphatic rings. The van der Waals surface area contributed by atoms with Crippen LogP contribution in [-0.2, 0) is 11.2 Å². The van der Waals surface area contributed by atoms with Crippen molar-refractivity contribution in [1.29, 1.82) is 0 Å². The molecule has 2 aromatic heterocycles. The summed E-state index contributed by atoms with van der Waals surface area (Å²) < 4.78 is 1.28. The van der Waals surface area contributed by atoms with E-state index in [0.717, 1.165) is 22.4 Å². The Hall–Kier alpha value is -2.47. The second-order valence-electron chi connectivity index (χ2n) is 5.78. The third-order valence-electron chi connectivity index (χ3n) is 4.05. The molecule has 0 radical (unpaired) electrons. The van der Waals surface area contributed by atoms with Gasteiger partial charge in [-0.3, -0.25) is 9.36 Å². The van der Waals surface area contributed by atoms with Crippen molar-refractivity contribution in [1.82, 2.24) is 9.55 Å². The molecule has 0 spiro atoms. The van der Waals surface area contributed by atoms with Gasteiger partial charge in [-0.25, -0.2) is 9.78 Å². The first-order valence-corrected chi connectivity index (χ1v) is 8.58. The normalized spacial score (nSPS) is 12.5. The van der Waals surface area contributed by atoms with Crippen molar-refractivity contribution in [2.45, 2.75) is 33.2 Å². The molecule has 2 heterocycles. The molecular weight excluding hydrogens is 324 g/mol. The van der Waals surface area contributed by atoms with Gasteiger partial charge in [0.15, 0.2) is 0 Å². The zero-order valence-corrected chi connectivity index (χ0v) is 14.6. The minimum absolute atomic E-state index is 0.304. The largest absolute Gasteiger partial charge is 0.480 e. The zero-order chi connectivity index (χ0) is 17.4. The van der Waals surface area contributed by atoms with Crippen LogP contribution in [0.1, 0.15) is 30.3 Å². The molecule has 6 heteroatoms. The topological polar surface area (TPSA) is 72.2 Å². The van der Waals surface area contributed by atoms with Gasteiger partial charge >= 0.3 is 5.97 Å². The van der Waals surface area contributed by atoms with Gasteiger partial charge in [0.05, 0.1) is 5.39 Å². The minimum Gasteiger partial charge on any atom is -0.480 e. The number of rotatable bonds is 4. The lowest BCUT2D eigenvalue weighted by Crippen LogP contribution is -2.30. The van der Waals surface area contributed by atoms with Gasteiger partial charge in [0.1, 0.15) is 16.7 Å². The van der Waals surface area contributed by atoms with Crippen LogP contribution in [0.4, 0.5) is 0 Å². The lowest BCUT2D eigenvalue weighted by molar-refractivity contribution is -0.140. The molecule has 5 nitrogen and oxygen atoms in total. The highest BCUT2D eigenvalue weighted by atomic mass is 32.1. The van der Waals surface area contributed by atoms with Crippen LogP contribution in [0.3, 0.4) is 0 Å². The van der Waals surface area contributed by atoms with Gasteiger partial charge in [0.2, 0.25) is 0 Å². The standard InChI is InChI=1S/C18H18N2O3S/c1-4-13-9-14-16(24-13)19-15(12-7-5-10(2)6-8-12)20(17(14)21)11(3)18(22)23/h5-9,11H,4H2,1-3H3,(H,22,23). The summed E-state index contributed by atoms with van der Waals surface area (Å²) in [6, 6.07) is 8.40. The van der Waals surface area contributed by atoms with Crippen molar-refractivity contribution >= 4 is 27.5 Å². The number of carbonyl (C=O) groups is 1. The third-order valence-corrected chi connectivity index (χ3v) is 5.22. The summed E-state index contributed by atoms with van der Waals surface area (Å²) in [4.78, 5) is 30.8. The number of hydrogen-bond donors (Lipinski definition) is 1. The number of fused-ring (bicyclic) bond motifs is 1. The van der Waals surface area contributed by atoms with E-state index in [1.807, 2.05) is 44.2 Å². The van der Waals surface area contributed by atoms with Crippen molar-refractivity contribution in [3.8, 4) is 11.4 Å². The molecule has 0 bridgehead atoms. The highest BCUT2D eigenvalue weighted by Crippen LogP contribution is 2.27. The van der Waals surface area contributed by atoms with Crippen LogP contribution >= 0.6 is 11.3 Å². The second-order valence-corrected chi connectivity index (χ2v) is 6.89.